The number of unbranched alkanes of at least 4 members (excludes halogenated alkanes) is 21. The SMILES string of the molecule is CC/C=C/C/C=C/C/C=C/CCCCCCC(=O)OCC(COCCC(C(=O)[O-])[N+](C)(C)C)OC(=O)CCCCCCCCC/C=C/CCCCCCCCCCCC. The summed E-state index contributed by atoms with van der Waals surface area (Å²) in [6, 6.07) is -0.731. The summed E-state index contributed by atoms with van der Waals surface area (Å²) in [5.74, 6) is -1.77. The molecule has 59 heavy (non-hydrogen) atoms. The Hall–Kier alpha value is -2.71. The lowest BCUT2D eigenvalue weighted by atomic mass is 10.1. The molecular formula is C51H91NO7. The number of carboxylic acids is 1. The number of carbonyl (C=O) groups excluding carboxylic acids is 3. The number of carboxylic acid groups (broad SMARTS) is 1. The summed E-state index contributed by atoms with van der Waals surface area (Å²) >= 11 is 0. The summed E-state index contributed by atoms with van der Waals surface area (Å²) in [5.41, 5.74) is 0. The largest absolute Gasteiger partial charge is 0.544 e. The molecule has 0 aliphatic carbocycles. The normalized spacial score (nSPS) is 13.3. The molecule has 0 fully saturated rings. The van der Waals surface area contributed by atoms with Crippen LogP contribution >= 0.6 is 0 Å². The zero-order chi connectivity index (χ0) is 43.5. The summed E-state index contributed by atoms with van der Waals surface area (Å²) < 4.78 is 17.2. The van der Waals surface area contributed by atoms with Crippen LogP contribution in [-0.4, -0.2) is 75.5 Å². The molecule has 0 amide bonds. The van der Waals surface area contributed by atoms with Crippen LogP contribution in [0.15, 0.2) is 48.6 Å². The third kappa shape index (κ3) is 40.5. The van der Waals surface area contributed by atoms with Gasteiger partial charge < -0.3 is 28.6 Å². The monoisotopic (exact) mass is 830 g/mol. The van der Waals surface area contributed by atoms with E-state index in [1.165, 1.54) is 103 Å². The van der Waals surface area contributed by atoms with Gasteiger partial charge in [-0.15, -0.1) is 0 Å². The van der Waals surface area contributed by atoms with Crippen molar-refractivity contribution in [3.8, 4) is 0 Å². The van der Waals surface area contributed by atoms with E-state index in [1.807, 2.05) is 0 Å². The van der Waals surface area contributed by atoms with Crippen molar-refractivity contribution < 1.29 is 38.2 Å². The molecule has 2 atom stereocenters. The minimum absolute atomic E-state index is 0.0314. The van der Waals surface area contributed by atoms with E-state index in [2.05, 4.69) is 62.5 Å². The zero-order valence-electron chi connectivity index (χ0n) is 38.9. The standard InChI is InChI=1S/C51H91NO7/c1-6-8-10-12-14-16-18-20-22-23-24-25-26-27-28-30-32-34-36-38-40-42-50(54)59-47(45-57-44-43-48(51(55)56)52(3,4)5)46-58-49(53)41-39-37-35-33-31-29-21-19-17-15-13-11-9-7-2/h9,11,15,17,21,25-26,29,47-48H,6-8,10,12-14,16,18-20,22-24,27-28,30-46H2,1-5H3/b11-9+,17-15+,26-25+,29-21+. The molecule has 0 saturated heterocycles. The van der Waals surface area contributed by atoms with Gasteiger partial charge in [0.1, 0.15) is 12.6 Å². The molecule has 0 aliphatic rings. The van der Waals surface area contributed by atoms with Crippen molar-refractivity contribution in [3.05, 3.63) is 48.6 Å². The molecule has 0 heterocycles. The predicted octanol–water partition coefficient (Wildman–Crippen LogP) is 12.3. The summed E-state index contributed by atoms with van der Waals surface area (Å²) in [6.07, 6.45) is 50.0. The van der Waals surface area contributed by atoms with E-state index in [4.69, 9.17) is 14.2 Å². The predicted molar refractivity (Wildman–Crippen MR) is 245 cm³/mol. The highest BCUT2D eigenvalue weighted by molar-refractivity contribution is 5.70. The second kappa shape index (κ2) is 42.0. The molecule has 8 nitrogen and oxygen atoms in total. The van der Waals surface area contributed by atoms with Crippen LogP contribution in [0.3, 0.4) is 0 Å². The Kier molecular flexibility index (Phi) is 40.1. The number of allylic oxidation sites excluding steroid dienone is 8. The fraction of sp³-hybridized carbons (Fsp3) is 0.784. The molecule has 0 aromatic carbocycles. The Balaban J connectivity index is 4.29. The van der Waals surface area contributed by atoms with Gasteiger partial charge in [-0.2, -0.15) is 0 Å². The molecule has 0 rings (SSSR count). The summed E-state index contributed by atoms with van der Waals surface area (Å²) in [4.78, 5) is 36.9. The maximum atomic E-state index is 12.8. The van der Waals surface area contributed by atoms with Crippen LogP contribution in [0, 0.1) is 0 Å². The lowest BCUT2D eigenvalue weighted by Crippen LogP contribution is -2.55. The second-order valence-corrected chi connectivity index (χ2v) is 17.3. The third-order valence-corrected chi connectivity index (χ3v) is 10.7. The number of nitrogens with zero attached hydrogens (tertiary/aromatic N) is 1. The van der Waals surface area contributed by atoms with Crippen LogP contribution in [0.2, 0.25) is 0 Å². The van der Waals surface area contributed by atoms with Crippen LogP contribution in [0.5, 0.6) is 0 Å². The topological polar surface area (TPSA) is 102 Å². The van der Waals surface area contributed by atoms with E-state index in [0.29, 0.717) is 12.8 Å². The molecule has 8 heteroatoms. The maximum Gasteiger partial charge on any atom is 0.306 e. The zero-order valence-corrected chi connectivity index (χ0v) is 38.9. The number of esters is 2. The number of aliphatic carboxylic acids is 1. The molecule has 0 aromatic rings. The summed E-state index contributed by atoms with van der Waals surface area (Å²) in [6.45, 7) is 4.53. The van der Waals surface area contributed by atoms with Gasteiger partial charge in [-0.3, -0.25) is 9.59 Å². The molecule has 0 aliphatic heterocycles. The first kappa shape index (κ1) is 56.3. The van der Waals surface area contributed by atoms with Crippen molar-refractivity contribution >= 4 is 17.9 Å². The maximum absolute atomic E-state index is 12.8. The van der Waals surface area contributed by atoms with Crippen molar-refractivity contribution in [2.24, 2.45) is 0 Å². The number of quaternary nitrogens is 1. The van der Waals surface area contributed by atoms with E-state index in [9.17, 15) is 19.5 Å². The van der Waals surface area contributed by atoms with Gasteiger partial charge in [0.2, 0.25) is 0 Å². The van der Waals surface area contributed by atoms with Crippen LogP contribution in [-0.2, 0) is 28.6 Å². The number of hydrogen-bond acceptors (Lipinski definition) is 7. The van der Waals surface area contributed by atoms with Gasteiger partial charge in [-0.25, -0.2) is 0 Å². The van der Waals surface area contributed by atoms with Crippen molar-refractivity contribution in [3.63, 3.8) is 0 Å². The van der Waals surface area contributed by atoms with Gasteiger partial charge in [0, 0.05) is 19.3 Å². The van der Waals surface area contributed by atoms with Crippen molar-refractivity contribution in [1.29, 1.82) is 0 Å². The molecule has 0 aromatic heterocycles. The van der Waals surface area contributed by atoms with Crippen LogP contribution in [0.25, 0.3) is 0 Å². The minimum Gasteiger partial charge on any atom is -0.544 e. The summed E-state index contributed by atoms with van der Waals surface area (Å²) in [5, 5.41) is 11.6. The van der Waals surface area contributed by atoms with Crippen LogP contribution in [0.1, 0.15) is 206 Å². The second-order valence-electron chi connectivity index (χ2n) is 17.3. The van der Waals surface area contributed by atoms with E-state index >= 15 is 0 Å². The van der Waals surface area contributed by atoms with Gasteiger partial charge >= 0.3 is 11.9 Å². The first-order valence-corrected chi connectivity index (χ1v) is 24.2. The van der Waals surface area contributed by atoms with Crippen molar-refractivity contribution in [2.45, 2.75) is 219 Å². The molecular weight excluding hydrogens is 739 g/mol. The number of rotatable bonds is 43. The Morgan fingerprint density at radius 1 is 0.525 bits per heavy atom. The van der Waals surface area contributed by atoms with E-state index in [1.54, 1.807) is 21.1 Å². The molecule has 0 N–H and O–H groups in total. The molecule has 0 bridgehead atoms. The molecule has 0 saturated carbocycles. The average Bonchev–Trinajstić information content (AvgIpc) is 3.19. The van der Waals surface area contributed by atoms with E-state index in [0.717, 1.165) is 70.6 Å². The first-order valence-electron chi connectivity index (χ1n) is 24.2. The smallest absolute Gasteiger partial charge is 0.306 e. The van der Waals surface area contributed by atoms with Gasteiger partial charge in [0.05, 0.1) is 40.3 Å². The lowest BCUT2D eigenvalue weighted by molar-refractivity contribution is -0.889. The average molecular weight is 830 g/mol. The van der Waals surface area contributed by atoms with Crippen molar-refractivity contribution in [1.82, 2.24) is 0 Å². The van der Waals surface area contributed by atoms with Crippen LogP contribution < -0.4 is 5.11 Å². The highest BCUT2D eigenvalue weighted by Crippen LogP contribution is 2.14. The highest BCUT2D eigenvalue weighted by Gasteiger charge is 2.25. The van der Waals surface area contributed by atoms with Crippen molar-refractivity contribution in [2.75, 3.05) is 41.0 Å². The molecule has 2 unspecified atom stereocenters. The third-order valence-electron chi connectivity index (χ3n) is 10.7. The minimum atomic E-state index is -1.13. The number of carbonyl (C=O) groups is 3. The Morgan fingerprint density at radius 3 is 1.42 bits per heavy atom. The van der Waals surface area contributed by atoms with Gasteiger partial charge in [-0.05, 0) is 70.6 Å². The van der Waals surface area contributed by atoms with E-state index in [-0.39, 0.29) is 42.7 Å². The summed E-state index contributed by atoms with van der Waals surface area (Å²) in [7, 11) is 5.40. The van der Waals surface area contributed by atoms with Gasteiger partial charge in [0.15, 0.2) is 6.10 Å². The number of hydrogen-bond donors (Lipinski definition) is 0. The Morgan fingerprint density at radius 2 is 0.949 bits per heavy atom. The lowest BCUT2D eigenvalue weighted by Gasteiger charge is -2.34. The Bertz CT molecular complexity index is 1110. The fourth-order valence-electron chi connectivity index (χ4n) is 6.96. The Labute approximate surface area is 363 Å². The molecule has 0 spiro atoms. The molecule has 342 valence electrons. The highest BCUT2D eigenvalue weighted by atomic mass is 16.6. The quantitative estimate of drug-likeness (QED) is 0.0261. The number of ether oxygens (including phenoxy) is 3. The van der Waals surface area contributed by atoms with Gasteiger partial charge in [0.25, 0.3) is 0 Å². The molecule has 0 radical (unpaired) electrons. The first-order chi connectivity index (χ1) is 28.6. The van der Waals surface area contributed by atoms with E-state index < -0.39 is 18.1 Å². The fourth-order valence-corrected chi connectivity index (χ4v) is 6.96. The number of likely N-dealkylation sites (N-methyl/N-ethyl adjacent to an activating group) is 1. The van der Waals surface area contributed by atoms with Gasteiger partial charge in [-0.1, -0.05) is 165 Å². The van der Waals surface area contributed by atoms with Crippen LogP contribution in [0.4, 0.5) is 0 Å².